The van der Waals surface area contributed by atoms with Crippen molar-refractivity contribution in [3.8, 4) is 11.5 Å². The Bertz CT molecular complexity index is 917. The van der Waals surface area contributed by atoms with Crippen LogP contribution in [0.1, 0.15) is 11.5 Å². The molecule has 0 saturated heterocycles. The molecule has 0 fully saturated rings. The lowest BCUT2D eigenvalue weighted by molar-refractivity contribution is 0.494. The quantitative estimate of drug-likeness (QED) is 0.746. The van der Waals surface area contributed by atoms with E-state index in [0.29, 0.717) is 10.2 Å². The predicted octanol–water partition coefficient (Wildman–Crippen LogP) is 3.24. The van der Waals surface area contributed by atoms with Crippen molar-refractivity contribution in [2.75, 3.05) is 0 Å². The average Bonchev–Trinajstić information content (AvgIpc) is 3.15. The minimum absolute atomic E-state index is 0.0866. The Kier molecular flexibility index (Phi) is 4.49. The van der Waals surface area contributed by atoms with Crippen LogP contribution in [-0.2, 0) is 16.6 Å². The molecule has 0 bridgehead atoms. The molecule has 3 aromatic rings. The summed E-state index contributed by atoms with van der Waals surface area (Å²) in [5.41, 5.74) is 1.90. The lowest BCUT2D eigenvalue weighted by Gasteiger charge is -2.01. The summed E-state index contributed by atoms with van der Waals surface area (Å²) in [6.45, 7) is 1.89. The standard InChI is InChI=1S/C14H12ClN3O3S2/c1-9-2-4-10(5-3-9)14-18-17-12(21-14)8-16-23(19,20)13-7-6-11(15)22-13/h2-7,16H,8H2,1H3. The van der Waals surface area contributed by atoms with Crippen molar-refractivity contribution in [3.05, 3.63) is 52.2 Å². The Hall–Kier alpha value is -1.74. The SMILES string of the molecule is Cc1ccc(-c2nnc(CNS(=O)(=O)c3ccc(Cl)s3)o2)cc1. The Morgan fingerprint density at radius 1 is 1.17 bits per heavy atom. The maximum atomic E-state index is 12.1. The van der Waals surface area contributed by atoms with Crippen LogP contribution in [0, 0.1) is 6.92 Å². The third kappa shape index (κ3) is 3.78. The highest BCUT2D eigenvalue weighted by Crippen LogP contribution is 2.25. The zero-order valence-electron chi connectivity index (χ0n) is 12.0. The molecular weight excluding hydrogens is 358 g/mol. The molecule has 0 aliphatic rings. The van der Waals surface area contributed by atoms with Gasteiger partial charge in [0.05, 0.1) is 10.9 Å². The molecule has 2 heterocycles. The molecule has 0 unspecified atom stereocenters. The Morgan fingerprint density at radius 2 is 1.91 bits per heavy atom. The minimum Gasteiger partial charge on any atom is -0.419 e. The van der Waals surface area contributed by atoms with E-state index in [2.05, 4.69) is 14.9 Å². The number of benzene rings is 1. The molecule has 1 N–H and O–H groups in total. The van der Waals surface area contributed by atoms with Gasteiger partial charge in [-0.1, -0.05) is 29.3 Å². The zero-order valence-corrected chi connectivity index (χ0v) is 14.4. The largest absolute Gasteiger partial charge is 0.419 e. The summed E-state index contributed by atoms with van der Waals surface area (Å²) in [6.07, 6.45) is 0. The highest BCUT2D eigenvalue weighted by atomic mass is 35.5. The molecule has 120 valence electrons. The molecule has 0 aliphatic carbocycles. The number of hydrogen-bond donors (Lipinski definition) is 1. The van der Waals surface area contributed by atoms with E-state index < -0.39 is 10.0 Å². The van der Waals surface area contributed by atoms with Crippen LogP contribution in [-0.4, -0.2) is 18.6 Å². The number of halogens is 1. The van der Waals surface area contributed by atoms with Crippen LogP contribution < -0.4 is 4.72 Å². The topological polar surface area (TPSA) is 85.1 Å². The zero-order chi connectivity index (χ0) is 16.4. The molecule has 0 spiro atoms. The van der Waals surface area contributed by atoms with Crippen LogP contribution in [0.3, 0.4) is 0 Å². The Balaban J connectivity index is 1.71. The van der Waals surface area contributed by atoms with Gasteiger partial charge >= 0.3 is 0 Å². The van der Waals surface area contributed by atoms with Gasteiger partial charge in [-0.3, -0.25) is 0 Å². The van der Waals surface area contributed by atoms with Gasteiger partial charge in [-0.2, -0.15) is 0 Å². The first-order valence-corrected chi connectivity index (χ1v) is 9.26. The molecule has 0 aliphatic heterocycles. The van der Waals surface area contributed by atoms with E-state index in [-0.39, 0.29) is 16.6 Å². The number of sulfonamides is 1. The van der Waals surface area contributed by atoms with Crippen LogP contribution in [0.4, 0.5) is 0 Å². The van der Waals surface area contributed by atoms with Crippen molar-refractivity contribution >= 4 is 33.0 Å². The molecule has 3 rings (SSSR count). The summed E-state index contributed by atoms with van der Waals surface area (Å²) in [6, 6.07) is 10.6. The van der Waals surface area contributed by atoms with E-state index in [9.17, 15) is 8.42 Å². The second-order valence-electron chi connectivity index (χ2n) is 4.75. The monoisotopic (exact) mass is 369 g/mol. The van der Waals surface area contributed by atoms with Gasteiger partial charge in [0.25, 0.3) is 10.0 Å². The van der Waals surface area contributed by atoms with Crippen molar-refractivity contribution in [1.29, 1.82) is 0 Å². The number of aromatic nitrogens is 2. The highest BCUT2D eigenvalue weighted by molar-refractivity contribution is 7.91. The fourth-order valence-electron chi connectivity index (χ4n) is 1.81. The molecule has 2 aromatic heterocycles. The summed E-state index contributed by atoms with van der Waals surface area (Å²) in [5, 5.41) is 7.77. The van der Waals surface area contributed by atoms with Crippen molar-refractivity contribution in [2.24, 2.45) is 0 Å². The van der Waals surface area contributed by atoms with Crippen molar-refractivity contribution in [3.63, 3.8) is 0 Å². The Labute approximate surface area is 142 Å². The number of hydrogen-bond acceptors (Lipinski definition) is 6. The van der Waals surface area contributed by atoms with E-state index in [0.717, 1.165) is 22.5 Å². The van der Waals surface area contributed by atoms with Gasteiger partial charge in [-0.05, 0) is 31.2 Å². The number of rotatable bonds is 5. The third-order valence-electron chi connectivity index (χ3n) is 2.99. The van der Waals surface area contributed by atoms with Crippen LogP contribution in [0.15, 0.2) is 45.0 Å². The normalized spacial score (nSPS) is 11.7. The smallest absolute Gasteiger partial charge is 0.250 e. The van der Waals surface area contributed by atoms with Crippen molar-refractivity contribution < 1.29 is 12.8 Å². The summed E-state index contributed by atoms with van der Waals surface area (Å²) < 4.78 is 32.6. The lowest BCUT2D eigenvalue weighted by Crippen LogP contribution is -2.22. The lowest BCUT2D eigenvalue weighted by atomic mass is 10.1. The molecule has 1 aromatic carbocycles. The fraction of sp³-hybridized carbons (Fsp3) is 0.143. The van der Waals surface area contributed by atoms with E-state index in [1.165, 1.54) is 12.1 Å². The molecule has 23 heavy (non-hydrogen) atoms. The van der Waals surface area contributed by atoms with Crippen LogP contribution >= 0.6 is 22.9 Å². The second kappa shape index (κ2) is 6.40. The average molecular weight is 370 g/mol. The third-order valence-corrected chi connectivity index (χ3v) is 6.12. The summed E-state index contributed by atoms with van der Waals surface area (Å²) in [5.74, 6) is 0.533. The molecular formula is C14H12ClN3O3S2. The van der Waals surface area contributed by atoms with Crippen LogP contribution in [0.25, 0.3) is 11.5 Å². The summed E-state index contributed by atoms with van der Waals surface area (Å²) >= 11 is 6.73. The maximum Gasteiger partial charge on any atom is 0.250 e. The highest BCUT2D eigenvalue weighted by Gasteiger charge is 2.18. The van der Waals surface area contributed by atoms with Gasteiger partial charge < -0.3 is 4.42 Å². The van der Waals surface area contributed by atoms with Gasteiger partial charge in [0.1, 0.15) is 4.21 Å². The van der Waals surface area contributed by atoms with E-state index in [1.807, 2.05) is 31.2 Å². The minimum atomic E-state index is -3.64. The molecule has 0 radical (unpaired) electrons. The van der Waals surface area contributed by atoms with Gasteiger partial charge in [0, 0.05) is 5.56 Å². The number of aryl methyl sites for hydroxylation is 1. The van der Waals surface area contributed by atoms with Crippen LogP contribution in [0.2, 0.25) is 4.34 Å². The maximum absolute atomic E-state index is 12.1. The first kappa shape index (κ1) is 16.1. The van der Waals surface area contributed by atoms with Crippen LogP contribution in [0.5, 0.6) is 0 Å². The fourth-order valence-corrected chi connectivity index (χ4v) is 4.31. The van der Waals surface area contributed by atoms with Crippen molar-refractivity contribution in [1.82, 2.24) is 14.9 Å². The number of nitrogens with one attached hydrogen (secondary N) is 1. The first-order chi connectivity index (χ1) is 10.9. The van der Waals surface area contributed by atoms with Gasteiger partial charge in [-0.15, -0.1) is 21.5 Å². The molecule has 0 saturated carbocycles. The van der Waals surface area contributed by atoms with E-state index >= 15 is 0 Å². The molecule has 6 nitrogen and oxygen atoms in total. The van der Waals surface area contributed by atoms with E-state index in [4.69, 9.17) is 16.0 Å². The molecule has 9 heteroatoms. The molecule has 0 amide bonds. The van der Waals surface area contributed by atoms with Crippen molar-refractivity contribution in [2.45, 2.75) is 17.7 Å². The Morgan fingerprint density at radius 3 is 2.57 bits per heavy atom. The number of thiophene rings is 1. The van der Waals surface area contributed by atoms with Gasteiger partial charge in [0.2, 0.25) is 11.8 Å². The first-order valence-electron chi connectivity index (χ1n) is 6.58. The predicted molar refractivity (Wildman–Crippen MR) is 87.8 cm³/mol. The van der Waals surface area contributed by atoms with Gasteiger partial charge in [0.15, 0.2) is 0 Å². The second-order valence-corrected chi connectivity index (χ2v) is 8.46. The van der Waals surface area contributed by atoms with Gasteiger partial charge in [-0.25, -0.2) is 13.1 Å². The number of nitrogens with zero attached hydrogens (tertiary/aromatic N) is 2. The summed E-state index contributed by atoms with van der Waals surface area (Å²) in [4.78, 5) is 0. The van der Waals surface area contributed by atoms with E-state index in [1.54, 1.807) is 0 Å². The summed E-state index contributed by atoms with van der Waals surface area (Å²) in [7, 11) is -3.64. The molecule has 0 atom stereocenters.